The third-order valence-corrected chi connectivity index (χ3v) is 3.71. The van der Waals surface area contributed by atoms with Crippen LogP contribution in [0.25, 0.3) is 22.2 Å². The third-order valence-electron chi connectivity index (χ3n) is 3.41. The van der Waals surface area contributed by atoms with E-state index in [-0.39, 0.29) is 17.7 Å². The Morgan fingerprint density at radius 3 is 2.61 bits per heavy atom. The van der Waals surface area contributed by atoms with Crippen LogP contribution in [0.1, 0.15) is 11.3 Å². The zero-order valence-corrected chi connectivity index (χ0v) is 12.8. The molecule has 0 fully saturated rings. The van der Waals surface area contributed by atoms with Gasteiger partial charge in [0.05, 0.1) is 22.7 Å². The number of benzene rings is 1. The van der Waals surface area contributed by atoms with Crippen LogP contribution in [0.2, 0.25) is 5.02 Å². The number of alkyl halides is 3. The zero-order valence-electron chi connectivity index (χ0n) is 12.0. The fourth-order valence-corrected chi connectivity index (χ4v) is 2.64. The Balaban J connectivity index is 2.30. The SMILES string of the molecule is Cc1ncccc1-c1nc2c(Cl)cccc2cc1[CH]C(F)(F)F. The van der Waals surface area contributed by atoms with Crippen molar-refractivity contribution in [3.05, 3.63) is 65.3 Å². The Labute approximate surface area is 136 Å². The van der Waals surface area contributed by atoms with Crippen molar-refractivity contribution in [2.75, 3.05) is 0 Å². The highest BCUT2D eigenvalue weighted by atomic mass is 35.5. The normalized spacial score (nSPS) is 11.9. The molecule has 0 aliphatic carbocycles. The summed E-state index contributed by atoms with van der Waals surface area (Å²) in [5.41, 5.74) is 1.82. The number of aryl methyl sites for hydroxylation is 1. The fourth-order valence-electron chi connectivity index (χ4n) is 2.42. The van der Waals surface area contributed by atoms with Gasteiger partial charge in [0.2, 0.25) is 0 Å². The number of fused-ring (bicyclic) bond motifs is 1. The minimum Gasteiger partial charge on any atom is -0.261 e. The van der Waals surface area contributed by atoms with Gasteiger partial charge in [0, 0.05) is 22.8 Å². The van der Waals surface area contributed by atoms with Crippen LogP contribution in [0, 0.1) is 13.3 Å². The van der Waals surface area contributed by atoms with Gasteiger partial charge in [-0.15, -0.1) is 0 Å². The molecular formula is C17H11ClF3N2. The van der Waals surface area contributed by atoms with Crippen molar-refractivity contribution in [2.24, 2.45) is 0 Å². The molecule has 0 amide bonds. The van der Waals surface area contributed by atoms with E-state index in [0.717, 1.165) is 0 Å². The van der Waals surface area contributed by atoms with Crippen LogP contribution in [0.3, 0.4) is 0 Å². The molecule has 0 atom stereocenters. The van der Waals surface area contributed by atoms with Gasteiger partial charge in [-0.25, -0.2) is 4.98 Å². The van der Waals surface area contributed by atoms with Gasteiger partial charge in [-0.05, 0) is 36.8 Å². The maximum Gasteiger partial charge on any atom is 0.396 e. The minimum absolute atomic E-state index is 0.0108. The number of para-hydroxylation sites is 1. The van der Waals surface area contributed by atoms with Crippen LogP contribution in [0.15, 0.2) is 42.6 Å². The van der Waals surface area contributed by atoms with E-state index in [1.807, 2.05) is 0 Å². The van der Waals surface area contributed by atoms with Crippen LogP contribution < -0.4 is 0 Å². The highest BCUT2D eigenvalue weighted by molar-refractivity contribution is 6.35. The molecule has 0 saturated carbocycles. The Kier molecular flexibility index (Phi) is 3.98. The smallest absolute Gasteiger partial charge is 0.261 e. The summed E-state index contributed by atoms with van der Waals surface area (Å²) in [4.78, 5) is 8.51. The molecule has 23 heavy (non-hydrogen) atoms. The maximum atomic E-state index is 12.9. The molecule has 0 spiro atoms. The van der Waals surface area contributed by atoms with Gasteiger partial charge < -0.3 is 0 Å². The monoisotopic (exact) mass is 335 g/mol. The Morgan fingerprint density at radius 1 is 1.13 bits per heavy atom. The largest absolute Gasteiger partial charge is 0.396 e. The van der Waals surface area contributed by atoms with E-state index in [1.165, 1.54) is 6.07 Å². The molecule has 3 rings (SSSR count). The van der Waals surface area contributed by atoms with Crippen molar-refractivity contribution in [3.63, 3.8) is 0 Å². The van der Waals surface area contributed by atoms with Gasteiger partial charge in [-0.3, -0.25) is 4.98 Å². The van der Waals surface area contributed by atoms with Crippen molar-refractivity contribution >= 4 is 22.5 Å². The van der Waals surface area contributed by atoms with Crippen LogP contribution in [-0.2, 0) is 0 Å². The van der Waals surface area contributed by atoms with Crippen LogP contribution >= 0.6 is 11.6 Å². The van der Waals surface area contributed by atoms with Gasteiger partial charge in [0.15, 0.2) is 0 Å². The van der Waals surface area contributed by atoms with Crippen molar-refractivity contribution in [3.8, 4) is 11.3 Å². The van der Waals surface area contributed by atoms with Crippen molar-refractivity contribution in [2.45, 2.75) is 13.1 Å². The molecule has 6 heteroatoms. The van der Waals surface area contributed by atoms with E-state index in [9.17, 15) is 13.2 Å². The molecule has 0 unspecified atom stereocenters. The maximum absolute atomic E-state index is 12.9. The summed E-state index contributed by atoms with van der Waals surface area (Å²) >= 11 is 6.13. The van der Waals surface area contributed by atoms with Gasteiger partial charge in [0.25, 0.3) is 0 Å². The van der Waals surface area contributed by atoms with E-state index in [2.05, 4.69) is 9.97 Å². The predicted molar refractivity (Wildman–Crippen MR) is 84.2 cm³/mol. The Morgan fingerprint density at radius 2 is 1.91 bits per heavy atom. The second kappa shape index (κ2) is 5.81. The molecule has 0 aliphatic rings. The summed E-state index contributed by atoms with van der Waals surface area (Å²) in [6, 6.07) is 9.83. The summed E-state index contributed by atoms with van der Waals surface area (Å²) in [6.07, 6.45) is -2.61. The number of hydrogen-bond donors (Lipinski definition) is 0. The number of hydrogen-bond acceptors (Lipinski definition) is 2. The zero-order chi connectivity index (χ0) is 16.6. The summed E-state index contributed by atoms with van der Waals surface area (Å²) < 4.78 is 38.7. The van der Waals surface area contributed by atoms with Crippen molar-refractivity contribution in [1.29, 1.82) is 0 Å². The van der Waals surface area contributed by atoms with Crippen molar-refractivity contribution in [1.82, 2.24) is 9.97 Å². The van der Waals surface area contributed by atoms with Crippen LogP contribution in [-0.4, -0.2) is 16.1 Å². The second-order valence-electron chi connectivity index (χ2n) is 5.06. The standard InChI is InChI=1S/C17H11ClF3N2/c1-10-13(5-3-7-22-10)15-12(9-17(19,20)21)8-11-4-2-6-14(18)16(11)23-15/h2-9H,1H3. The number of rotatable bonds is 2. The van der Waals surface area contributed by atoms with Gasteiger partial charge in [-0.1, -0.05) is 23.7 Å². The molecule has 1 aromatic carbocycles. The molecule has 2 aromatic heterocycles. The van der Waals surface area contributed by atoms with Crippen LogP contribution in [0.4, 0.5) is 13.2 Å². The van der Waals surface area contributed by atoms with E-state index >= 15 is 0 Å². The Hall–Kier alpha value is -2.14. The topological polar surface area (TPSA) is 25.8 Å². The number of nitrogens with zero attached hydrogens (tertiary/aromatic N) is 2. The highest BCUT2D eigenvalue weighted by Crippen LogP contribution is 2.34. The van der Waals surface area contributed by atoms with E-state index < -0.39 is 6.18 Å². The summed E-state index contributed by atoms with van der Waals surface area (Å²) in [7, 11) is 0. The Bertz CT molecular complexity index is 875. The summed E-state index contributed by atoms with van der Waals surface area (Å²) in [6.45, 7) is 1.73. The van der Waals surface area contributed by atoms with E-state index in [1.54, 1.807) is 43.5 Å². The average molecular weight is 336 g/mol. The number of halogens is 4. The van der Waals surface area contributed by atoms with Crippen molar-refractivity contribution < 1.29 is 13.2 Å². The first kappa shape index (κ1) is 15.7. The highest BCUT2D eigenvalue weighted by Gasteiger charge is 2.30. The molecule has 0 bridgehead atoms. The lowest BCUT2D eigenvalue weighted by molar-refractivity contribution is -0.0927. The minimum atomic E-state index is -4.45. The van der Waals surface area contributed by atoms with E-state index in [4.69, 9.17) is 11.6 Å². The lowest BCUT2D eigenvalue weighted by Crippen LogP contribution is -2.10. The average Bonchev–Trinajstić information content (AvgIpc) is 2.46. The number of pyridine rings is 2. The van der Waals surface area contributed by atoms with Gasteiger partial charge in [0.1, 0.15) is 0 Å². The lowest BCUT2D eigenvalue weighted by Gasteiger charge is -2.14. The van der Waals surface area contributed by atoms with Gasteiger partial charge >= 0.3 is 6.18 Å². The molecule has 1 radical (unpaired) electrons. The first-order chi connectivity index (χ1) is 10.8. The third kappa shape index (κ3) is 3.29. The van der Waals surface area contributed by atoms with Crippen LogP contribution in [0.5, 0.6) is 0 Å². The molecule has 2 nitrogen and oxygen atoms in total. The predicted octanol–water partition coefficient (Wildman–Crippen LogP) is 5.37. The molecule has 0 saturated heterocycles. The quantitative estimate of drug-likeness (QED) is 0.629. The summed E-state index contributed by atoms with van der Waals surface area (Å²) in [5, 5.41) is 0.946. The molecule has 3 aromatic rings. The molecule has 2 heterocycles. The first-order valence-corrected chi connectivity index (χ1v) is 7.17. The number of aromatic nitrogens is 2. The molecular weight excluding hydrogens is 325 g/mol. The second-order valence-corrected chi connectivity index (χ2v) is 5.47. The summed E-state index contributed by atoms with van der Waals surface area (Å²) in [5.74, 6) is 0. The lowest BCUT2D eigenvalue weighted by atomic mass is 10.00. The molecule has 117 valence electrons. The fraction of sp³-hybridized carbons (Fsp3) is 0.118. The molecule has 0 N–H and O–H groups in total. The van der Waals surface area contributed by atoms with E-state index in [0.29, 0.717) is 27.2 Å². The van der Waals surface area contributed by atoms with Gasteiger partial charge in [-0.2, -0.15) is 13.2 Å². The first-order valence-electron chi connectivity index (χ1n) is 6.79. The molecule has 0 aliphatic heterocycles.